The van der Waals surface area contributed by atoms with E-state index in [9.17, 15) is 18.1 Å². The van der Waals surface area contributed by atoms with Gasteiger partial charge in [-0.05, 0) is 42.5 Å². The summed E-state index contributed by atoms with van der Waals surface area (Å²) in [6.45, 7) is 1.97. The van der Waals surface area contributed by atoms with Gasteiger partial charge in [0.15, 0.2) is 0 Å². The minimum atomic E-state index is -3.94. The number of nitrogens with zero attached hydrogens (tertiary/aromatic N) is 3. The number of fused-ring (bicyclic) bond motifs is 1. The Morgan fingerprint density at radius 2 is 1.82 bits per heavy atom. The molecule has 6 nitrogen and oxygen atoms in total. The number of anilines is 1. The number of sulfone groups is 1. The Bertz CT molecular complexity index is 1180. The molecule has 0 amide bonds. The van der Waals surface area contributed by atoms with Crippen LogP contribution in [0.15, 0.2) is 58.5 Å². The fourth-order valence-electron chi connectivity index (χ4n) is 3.28. The summed E-state index contributed by atoms with van der Waals surface area (Å²) in [7, 11) is -3.94. The van der Waals surface area contributed by atoms with E-state index < -0.39 is 15.7 Å². The Balaban J connectivity index is 1.99. The molecule has 0 bridgehead atoms. The van der Waals surface area contributed by atoms with Crippen LogP contribution in [0.3, 0.4) is 0 Å². The largest absolute Gasteiger partial charge is 0.378 e. The second kappa shape index (κ2) is 7.19. The number of ether oxygens (including phenoxy) is 1. The highest BCUT2D eigenvalue weighted by Gasteiger charge is 2.28. The third-order valence-corrected chi connectivity index (χ3v) is 6.45. The van der Waals surface area contributed by atoms with Crippen molar-refractivity contribution in [3.63, 3.8) is 0 Å². The maximum Gasteiger partial charge on any atom is 0.210 e. The van der Waals surface area contributed by atoms with Crippen LogP contribution in [0.4, 0.5) is 10.1 Å². The van der Waals surface area contributed by atoms with Crippen molar-refractivity contribution in [1.82, 2.24) is 4.98 Å². The zero-order chi connectivity index (χ0) is 19.7. The molecule has 142 valence electrons. The zero-order valence-electron chi connectivity index (χ0n) is 14.8. The van der Waals surface area contributed by atoms with E-state index >= 15 is 0 Å². The first-order valence-electron chi connectivity index (χ1n) is 8.67. The van der Waals surface area contributed by atoms with Gasteiger partial charge in [0, 0.05) is 24.7 Å². The lowest BCUT2D eigenvalue weighted by molar-refractivity contribution is 0.122. The highest BCUT2D eigenvalue weighted by Crippen LogP contribution is 2.36. The van der Waals surface area contributed by atoms with Gasteiger partial charge in [-0.15, -0.1) is 0 Å². The van der Waals surface area contributed by atoms with Gasteiger partial charge in [-0.3, -0.25) is 4.98 Å². The maximum absolute atomic E-state index is 13.3. The average Bonchev–Trinajstić information content (AvgIpc) is 2.73. The number of rotatable bonds is 3. The summed E-state index contributed by atoms with van der Waals surface area (Å²) in [5.74, 6) is -0.511. The summed E-state index contributed by atoms with van der Waals surface area (Å²) in [4.78, 5) is 6.25. The molecule has 1 saturated heterocycles. The fraction of sp³-hybridized carbons (Fsp3) is 0.200. The number of aromatic nitrogens is 1. The Labute approximate surface area is 161 Å². The highest BCUT2D eigenvalue weighted by molar-refractivity contribution is 7.91. The number of nitriles is 1. The molecule has 1 fully saturated rings. The van der Waals surface area contributed by atoms with Gasteiger partial charge < -0.3 is 9.64 Å². The quantitative estimate of drug-likeness (QED) is 0.632. The van der Waals surface area contributed by atoms with Crippen LogP contribution >= 0.6 is 0 Å². The van der Waals surface area contributed by atoms with E-state index in [1.165, 1.54) is 18.3 Å². The normalized spacial score (nSPS) is 14.8. The smallest absolute Gasteiger partial charge is 0.210 e. The Kier molecular flexibility index (Phi) is 4.71. The van der Waals surface area contributed by atoms with Crippen molar-refractivity contribution < 1.29 is 17.5 Å². The van der Waals surface area contributed by atoms with Crippen LogP contribution in [0.2, 0.25) is 0 Å². The first-order chi connectivity index (χ1) is 13.5. The van der Waals surface area contributed by atoms with Crippen LogP contribution in [-0.4, -0.2) is 39.7 Å². The molecule has 0 aliphatic carbocycles. The molecule has 0 N–H and O–H groups in total. The molecule has 1 aromatic heterocycles. The summed E-state index contributed by atoms with van der Waals surface area (Å²) < 4.78 is 45.3. The van der Waals surface area contributed by atoms with Crippen LogP contribution in [0.5, 0.6) is 0 Å². The van der Waals surface area contributed by atoms with E-state index in [1.54, 1.807) is 18.2 Å². The first-order valence-corrected chi connectivity index (χ1v) is 10.2. The van der Waals surface area contributed by atoms with Crippen molar-refractivity contribution in [2.45, 2.75) is 9.79 Å². The molecule has 0 spiro atoms. The summed E-state index contributed by atoms with van der Waals surface area (Å²) in [5.41, 5.74) is 1.51. The topological polar surface area (TPSA) is 83.3 Å². The average molecular weight is 397 g/mol. The van der Waals surface area contributed by atoms with Crippen LogP contribution in [0.1, 0.15) is 5.56 Å². The van der Waals surface area contributed by atoms with Crippen molar-refractivity contribution in [3.8, 4) is 6.07 Å². The molecule has 0 radical (unpaired) electrons. The van der Waals surface area contributed by atoms with Crippen molar-refractivity contribution in [3.05, 3.63) is 60.0 Å². The first kappa shape index (κ1) is 18.3. The number of hydrogen-bond donors (Lipinski definition) is 0. The van der Waals surface area contributed by atoms with E-state index in [0.717, 1.165) is 12.1 Å². The Morgan fingerprint density at radius 1 is 1.11 bits per heavy atom. The molecule has 28 heavy (non-hydrogen) atoms. The van der Waals surface area contributed by atoms with Crippen molar-refractivity contribution in [1.29, 1.82) is 5.26 Å². The van der Waals surface area contributed by atoms with Gasteiger partial charge in [-0.2, -0.15) is 5.26 Å². The van der Waals surface area contributed by atoms with Crippen LogP contribution in [0, 0.1) is 17.1 Å². The number of hydrogen-bond acceptors (Lipinski definition) is 6. The lowest BCUT2D eigenvalue weighted by Crippen LogP contribution is -2.37. The molecule has 3 aromatic rings. The molecular weight excluding hydrogens is 381 g/mol. The van der Waals surface area contributed by atoms with Gasteiger partial charge in [-0.25, -0.2) is 12.8 Å². The van der Waals surface area contributed by atoms with E-state index in [0.29, 0.717) is 48.5 Å². The summed E-state index contributed by atoms with van der Waals surface area (Å²) >= 11 is 0. The predicted molar refractivity (Wildman–Crippen MR) is 101 cm³/mol. The molecule has 1 aliphatic heterocycles. The van der Waals surface area contributed by atoms with Crippen molar-refractivity contribution in [2.24, 2.45) is 0 Å². The SMILES string of the molecule is N#Cc1ccc2ncc(S(=O)(=O)c3ccc(F)cc3)c(N3CCOCC3)c2c1. The van der Waals surface area contributed by atoms with Crippen molar-refractivity contribution >= 4 is 26.4 Å². The van der Waals surface area contributed by atoms with Gasteiger partial charge in [0.25, 0.3) is 0 Å². The predicted octanol–water partition coefficient (Wildman–Crippen LogP) is 2.91. The minimum Gasteiger partial charge on any atom is -0.378 e. The van der Waals surface area contributed by atoms with Crippen LogP contribution in [0.25, 0.3) is 10.9 Å². The molecule has 1 aliphatic rings. The van der Waals surface area contributed by atoms with E-state index in [-0.39, 0.29) is 9.79 Å². The molecule has 0 saturated carbocycles. The second-order valence-corrected chi connectivity index (χ2v) is 8.29. The fourth-order valence-corrected chi connectivity index (χ4v) is 4.71. The van der Waals surface area contributed by atoms with Gasteiger partial charge in [0.1, 0.15) is 10.7 Å². The Hall–Kier alpha value is -3.02. The summed E-state index contributed by atoms with van der Waals surface area (Å²) in [6, 6.07) is 11.8. The second-order valence-electron chi connectivity index (χ2n) is 6.37. The van der Waals surface area contributed by atoms with Crippen LogP contribution < -0.4 is 4.90 Å². The van der Waals surface area contributed by atoms with E-state index in [2.05, 4.69) is 11.1 Å². The lowest BCUT2D eigenvalue weighted by Gasteiger charge is -2.31. The minimum absolute atomic E-state index is 0.0130. The van der Waals surface area contributed by atoms with Crippen molar-refractivity contribution in [2.75, 3.05) is 31.2 Å². The van der Waals surface area contributed by atoms with E-state index in [4.69, 9.17) is 4.74 Å². The number of pyridine rings is 1. The third-order valence-electron chi connectivity index (χ3n) is 4.68. The highest BCUT2D eigenvalue weighted by atomic mass is 32.2. The lowest BCUT2D eigenvalue weighted by atomic mass is 10.1. The standard InChI is InChI=1S/C20H16FN3O3S/c21-15-2-4-16(5-3-15)28(25,26)19-13-23-18-6-1-14(12-22)11-17(18)20(19)24-7-9-27-10-8-24/h1-6,11,13H,7-10H2. The van der Waals surface area contributed by atoms with Gasteiger partial charge in [0.2, 0.25) is 9.84 Å². The monoisotopic (exact) mass is 397 g/mol. The van der Waals surface area contributed by atoms with E-state index in [1.807, 2.05) is 4.90 Å². The molecule has 4 rings (SSSR count). The maximum atomic E-state index is 13.3. The number of morpholine rings is 1. The molecule has 2 heterocycles. The molecule has 0 atom stereocenters. The third kappa shape index (κ3) is 3.19. The molecule has 0 unspecified atom stereocenters. The Morgan fingerprint density at radius 3 is 2.50 bits per heavy atom. The molecule has 8 heteroatoms. The molecular formula is C20H16FN3O3S. The zero-order valence-corrected chi connectivity index (χ0v) is 15.6. The van der Waals surface area contributed by atoms with Gasteiger partial charge in [-0.1, -0.05) is 0 Å². The number of benzene rings is 2. The summed E-state index contributed by atoms with van der Waals surface area (Å²) in [5, 5.41) is 9.86. The van der Waals surface area contributed by atoms with Gasteiger partial charge >= 0.3 is 0 Å². The summed E-state index contributed by atoms with van der Waals surface area (Å²) in [6.07, 6.45) is 1.33. The van der Waals surface area contributed by atoms with Gasteiger partial charge in [0.05, 0.1) is 40.9 Å². The molecule has 2 aromatic carbocycles. The van der Waals surface area contributed by atoms with Crippen LogP contribution in [-0.2, 0) is 14.6 Å². The number of halogens is 1.